The van der Waals surface area contributed by atoms with Crippen molar-refractivity contribution >= 4 is 5.78 Å². The second kappa shape index (κ2) is 4.57. The molecule has 80 valence electrons. The molecular formula is C13H10O3. The Morgan fingerprint density at radius 3 is 2.50 bits per heavy atom. The fourth-order valence-electron chi connectivity index (χ4n) is 1.43. The molecule has 16 heavy (non-hydrogen) atoms. The Bertz CT molecular complexity index is 540. The van der Waals surface area contributed by atoms with Gasteiger partial charge in [0.15, 0.2) is 5.78 Å². The molecule has 1 aromatic carbocycles. The number of Topliss-reactive ketones (excluding diaryl/α,β-unsaturated/α-hetero) is 1. The third-order valence-corrected chi connectivity index (χ3v) is 2.26. The van der Waals surface area contributed by atoms with Crippen molar-refractivity contribution in [2.75, 3.05) is 0 Å². The highest BCUT2D eigenvalue weighted by molar-refractivity contribution is 5.97. The Labute approximate surface area is 92.3 Å². The standard InChI is InChI=1S/C13H10O3/c14-12(10-5-2-1-3-6-10)9-11-7-4-8-16-13(11)15/h1-8H,9H2. The number of benzene rings is 1. The third kappa shape index (κ3) is 2.25. The lowest BCUT2D eigenvalue weighted by Crippen LogP contribution is -2.12. The first-order valence-electron chi connectivity index (χ1n) is 4.92. The molecule has 0 saturated heterocycles. The van der Waals surface area contributed by atoms with E-state index >= 15 is 0 Å². The van der Waals surface area contributed by atoms with Crippen molar-refractivity contribution in [3.8, 4) is 0 Å². The summed E-state index contributed by atoms with van der Waals surface area (Å²) in [5, 5.41) is 0. The average molecular weight is 214 g/mol. The van der Waals surface area contributed by atoms with Crippen molar-refractivity contribution in [1.82, 2.24) is 0 Å². The Balaban J connectivity index is 2.21. The highest BCUT2D eigenvalue weighted by atomic mass is 16.4. The molecule has 0 bridgehead atoms. The van der Waals surface area contributed by atoms with Crippen molar-refractivity contribution in [3.63, 3.8) is 0 Å². The van der Waals surface area contributed by atoms with Crippen LogP contribution in [0.4, 0.5) is 0 Å². The Kier molecular flexibility index (Phi) is 2.96. The van der Waals surface area contributed by atoms with Crippen LogP contribution in [0.15, 0.2) is 57.9 Å². The number of rotatable bonds is 3. The van der Waals surface area contributed by atoms with Gasteiger partial charge in [0.05, 0.1) is 6.26 Å². The molecule has 0 aliphatic carbocycles. The van der Waals surface area contributed by atoms with E-state index in [0.717, 1.165) is 0 Å². The average Bonchev–Trinajstić information content (AvgIpc) is 2.33. The monoisotopic (exact) mass is 214 g/mol. The first kappa shape index (κ1) is 10.4. The third-order valence-electron chi connectivity index (χ3n) is 2.26. The van der Waals surface area contributed by atoms with Crippen molar-refractivity contribution in [1.29, 1.82) is 0 Å². The first-order valence-corrected chi connectivity index (χ1v) is 4.92. The number of hydrogen-bond donors (Lipinski definition) is 0. The molecule has 0 N–H and O–H groups in total. The molecule has 0 aliphatic heterocycles. The van der Waals surface area contributed by atoms with Gasteiger partial charge in [-0.2, -0.15) is 0 Å². The van der Waals surface area contributed by atoms with E-state index in [1.807, 2.05) is 6.07 Å². The molecule has 0 unspecified atom stereocenters. The SMILES string of the molecule is O=C(Cc1cccoc1=O)c1ccccc1. The highest BCUT2D eigenvalue weighted by Gasteiger charge is 2.09. The maximum Gasteiger partial charge on any atom is 0.339 e. The summed E-state index contributed by atoms with van der Waals surface area (Å²) >= 11 is 0. The summed E-state index contributed by atoms with van der Waals surface area (Å²) in [7, 11) is 0. The van der Waals surface area contributed by atoms with Gasteiger partial charge in [0.1, 0.15) is 0 Å². The van der Waals surface area contributed by atoms with Crippen LogP contribution in [0.1, 0.15) is 15.9 Å². The molecule has 0 saturated carbocycles. The molecule has 2 rings (SSSR count). The van der Waals surface area contributed by atoms with E-state index in [-0.39, 0.29) is 12.2 Å². The molecule has 0 atom stereocenters. The van der Waals surface area contributed by atoms with Crippen LogP contribution in [0.25, 0.3) is 0 Å². The fraction of sp³-hybridized carbons (Fsp3) is 0.0769. The molecule has 3 nitrogen and oxygen atoms in total. The Hall–Kier alpha value is -2.16. The van der Waals surface area contributed by atoms with E-state index in [1.165, 1.54) is 6.26 Å². The van der Waals surface area contributed by atoms with Crippen molar-refractivity contribution in [2.24, 2.45) is 0 Å². The molecule has 0 radical (unpaired) electrons. The largest absolute Gasteiger partial charge is 0.431 e. The quantitative estimate of drug-likeness (QED) is 0.735. The predicted molar refractivity (Wildman–Crippen MR) is 59.5 cm³/mol. The summed E-state index contributed by atoms with van der Waals surface area (Å²) in [4.78, 5) is 23.1. The van der Waals surface area contributed by atoms with E-state index in [0.29, 0.717) is 11.1 Å². The van der Waals surface area contributed by atoms with Crippen LogP contribution in [-0.4, -0.2) is 5.78 Å². The van der Waals surface area contributed by atoms with E-state index in [9.17, 15) is 9.59 Å². The predicted octanol–water partition coefficient (Wildman–Crippen LogP) is 2.07. The number of carbonyl (C=O) groups excluding carboxylic acids is 1. The van der Waals surface area contributed by atoms with Crippen molar-refractivity contribution in [3.05, 3.63) is 70.3 Å². The van der Waals surface area contributed by atoms with Gasteiger partial charge in [0.25, 0.3) is 0 Å². The zero-order valence-electron chi connectivity index (χ0n) is 8.55. The second-order valence-electron chi connectivity index (χ2n) is 3.39. The van der Waals surface area contributed by atoms with Gasteiger partial charge in [-0.3, -0.25) is 4.79 Å². The molecule has 0 amide bonds. The Morgan fingerprint density at radius 2 is 1.81 bits per heavy atom. The summed E-state index contributed by atoms with van der Waals surface area (Å²) in [6.45, 7) is 0. The van der Waals surface area contributed by atoms with Crippen molar-refractivity contribution < 1.29 is 9.21 Å². The van der Waals surface area contributed by atoms with Crippen molar-refractivity contribution in [2.45, 2.75) is 6.42 Å². The van der Waals surface area contributed by atoms with Gasteiger partial charge >= 0.3 is 5.63 Å². The molecule has 0 spiro atoms. The molecule has 0 aliphatic rings. The molecule has 1 aromatic heterocycles. The van der Waals surface area contributed by atoms with E-state index in [4.69, 9.17) is 0 Å². The van der Waals surface area contributed by atoms with Crippen LogP contribution in [0.3, 0.4) is 0 Å². The molecule has 2 aromatic rings. The van der Waals surface area contributed by atoms with Crippen LogP contribution >= 0.6 is 0 Å². The minimum atomic E-state index is -0.452. The maximum atomic E-state index is 11.8. The molecule has 3 heteroatoms. The Morgan fingerprint density at radius 1 is 1.06 bits per heavy atom. The van der Waals surface area contributed by atoms with Gasteiger partial charge in [-0.1, -0.05) is 30.3 Å². The van der Waals surface area contributed by atoms with Gasteiger partial charge in [0.2, 0.25) is 0 Å². The summed E-state index contributed by atoms with van der Waals surface area (Å²) in [5.74, 6) is -0.0842. The fourth-order valence-corrected chi connectivity index (χ4v) is 1.43. The number of hydrogen-bond acceptors (Lipinski definition) is 3. The highest BCUT2D eigenvalue weighted by Crippen LogP contribution is 2.04. The van der Waals surface area contributed by atoms with Crippen LogP contribution in [0.2, 0.25) is 0 Å². The minimum Gasteiger partial charge on any atom is -0.431 e. The smallest absolute Gasteiger partial charge is 0.339 e. The summed E-state index contributed by atoms with van der Waals surface area (Å²) in [6, 6.07) is 12.1. The molecule has 1 heterocycles. The summed E-state index contributed by atoms with van der Waals surface area (Å²) in [6.07, 6.45) is 1.38. The lowest BCUT2D eigenvalue weighted by Gasteiger charge is -1.99. The van der Waals surface area contributed by atoms with Crippen LogP contribution in [-0.2, 0) is 6.42 Å². The second-order valence-corrected chi connectivity index (χ2v) is 3.39. The van der Waals surface area contributed by atoms with Gasteiger partial charge in [-0.05, 0) is 12.1 Å². The molecule has 0 fully saturated rings. The molecular weight excluding hydrogens is 204 g/mol. The van der Waals surface area contributed by atoms with E-state index in [1.54, 1.807) is 36.4 Å². The van der Waals surface area contributed by atoms with Gasteiger partial charge < -0.3 is 4.42 Å². The van der Waals surface area contributed by atoms with Crippen LogP contribution < -0.4 is 5.63 Å². The topological polar surface area (TPSA) is 47.3 Å². The van der Waals surface area contributed by atoms with E-state index < -0.39 is 5.63 Å². The maximum absolute atomic E-state index is 11.8. The number of ketones is 1. The zero-order valence-corrected chi connectivity index (χ0v) is 8.55. The van der Waals surface area contributed by atoms with Gasteiger partial charge in [-0.25, -0.2) is 4.79 Å². The lowest BCUT2D eigenvalue weighted by atomic mass is 10.0. The van der Waals surface area contributed by atoms with Crippen LogP contribution in [0.5, 0.6) is 0 Å². The van der Waals surface area contributed by atoms with E-state index in [2.05, 4.69) is 4.42 Å². The first-order chi connectivity index (χ1) is 7.77. The normalized spacial score (nSPS) is 10.0. The summed E-state index contributed by atoms with van der Waals surface area (Å²) < 4.78 is 4.69. The zero-order chi connectivity index (χ0) is 11.4. The van der Waals surface area contributed by atoms with Gasteiger partial charge in [-0.15, -0.1) is 0 Å². The number of carbonyl (C=O) groups is 1. The summed E-state index contributed by atoms with van der Waals surface area (Å²) in [5.41, 5.74) is 0.536. The van der Waals surface area contributed by atoms with Crippen LogP contribution in [0, 0.1) is 0 Å². The lowest BCUT2D eigenvalue weighted by molar-refractivity contribution is 0.0992. The van der Waals surface area contributed by atoms with Gasteiger partial charge in [0, 0.05) is 17.5 Å². The minimum absolute atomic E-state index is 0.0766.